The summed E-state index contributed by atoms with van der Waals surface area (Å²) in [6.07, 6.45) is 0. The summed E-state index contributed by atoms with van der Waals surface area (Å²) in [5.41, 5.74) is 0. The minimum absolute atomic E-state index is 0.997. The molecule has 0 bridgehead atoms. The van der Waals surface area contributed by atoms with Crippen molar-refractivity contribution in [1.82, 2.24) is 4.90 Å². The Bertz CT molecular complexity index is 222. The lowest BCUT2D eigenvalue weighted by Crippen LogP contribution is -2.46. The molecule has 0 fully saturated rings. The van der Waals surface area contributed by atoms with Crippen LogP contribution in [0.4, 0.5) is 0 Å². The highest BCUT2D eigenvalue weighted by molar-refractivity contribution is 7.84. The zero-order chi connectivity index (χ0) is 12.3. The summed E-state index contributed by atoms with van der Waals surface area (Å²) in [6.45, 7) is 21.8. The van der Waals surface area contributed by atoms with Crippen LogP contribution in [0.2, 0.25) is 39.3 Å². The molecular formula is C11H28NPSi2. The van der Waals surface area contributed by atoms with Crippen LogP contribution in [0.5, 0.6) is 0 Å². The summed E-state index contributed by atoms with van der Waals surface area (Å²) in [7, 11) is -0.468. The van der Waals surface area contributed by atoms with Gasteiger partial charge in [-0.1, -0.05) is 53.1 Å². The average Bonchev–Trinajstić information content (AvgIpc) is 2.01. The Balaban J connectivity index is 5.15. The summed E-state index contributed by atoms with van der Waals surface area (Å²) >= 11 is 0. The summed E-state index contributed by atoms with van der Waals surface area (Å²) in [6, 6.07) is 0. The fraction of sp³-hybridized carbons (Fsp3) is 0.909. The van der Waals surface area contributed by atoms with Gasteiger partial charge < -0.3 is 0 Å². The molecule has 0 unspecified atom stereocenters. The van der Waals surface area contributed by atoms with Crippen LogP contribution in [0.15, 0.2) is 0 Å². The van der Waals surface area contributed by atoms with Gasteiger partial charge in [0, 0.05) is 0 Å². The second kappa shape index (κ2) is 5.76. The fourth-order valence-corrected chi connectivity index (χ4v) is 13.6. The van der Waals surface area contributed by atoms with E-state index in [4.69, 9.17) is 0 Å². The summed E-state index contributed by atoms with van der Waals surface area (Å²) in [4.78, 5) is 2.60. The van der Waals surface area contributed by atoms with Crippen molar-refractivity contribution >= 4 is 28.6 Å². The van der Waals surface area contributed by atoms with Crippen molar-refractivity contribution in [3.05, 3.63) is 0 Å². The first-order valence-electron chi connectivity index (χ1n) is 5.97. The predicted molar refractivity (Wildman–Crippen MR) is 81.5 cm³/mol. The monoisotopic (exact) mass is 261 g/mol. The van der Waals surface area contributed by atoms with Crippen LogP contribution in [0.3, 0.4) is 0 Å². The van der Waals surface area contributed by atoms with Crippen molar-refractivity contribution in [2.75, 3.05) is 13.1 Å². The third-order valence-electron chi connectivity index (χ3n) is 2.18. The van der Waals surface area contributed by atoms with Crippen molar-refractivity contribution < 1.29 is 0 Å². The van der Waals surface area contributed by atoms with E-state index in [-0.39, 0.29) is 0 Å². The third-order valence-corrected chi connectivity index (χ3v) is 10.7. The van der Waals surface area contributed by atoms with Crippen LogP contribution in [0.1, 0.15) is 13.8 Å². The molecule has 0 heterocycles. The van der Waals surface area contributed by atoms with E-state index >= 15 is 0 Å². The maximum atomic E-state index is 2.60. The van der Waals surface area contributed by atoms with Crippen molar-refractivity contribution in [1.29, 1.82) is 0 Å². The van der Waals surface area contributed by atoms with Crippen molar-refractivity contribution in [3.63, 3.8) is 0 Å². The highest BCUT2D eigenvalue weighted by atomic mass is 31.3. The third kappa shape index (κ3) is 6.01. The molecule has 0 aromatic rings. The van der Waals surface area contributed by atoms with Gasteiger partial charge in [0.1, 0.15) is 7.74 Å². The van der Waals surface area contributed by atoms with Crippen molar-refractivity contribution in [3.8, 4) is 0 Å². The Labute approximate surface area is 99.9 Å². The molecule has 0 radical (unpaired) electrons. The quantitative estimate of drug-likeness (QED) is 0.531. The molecule has 0 spiro atoms. The standard InChI is InChI=1S/C11H28NPSi2/c1-9-12(10-2)11(14(3,4)5)13-15(6,7)8/h9-10H2,1-8H3. The molecule has 0 saturated carbocycles. The molecule has 0 aliphatic rings. The van der Waals surface area contributed by atoms with E-state index in [2.05, 4.69) is 58.0 Å². The van der Waals surface area contributed by atoms with Gasteiger partial charge in [-0.3, -0.25) is 4.90 Å². The van der Waals surface area contributed by atoms with Gasteiger partial charge in [0.2, 0.25) is 0 Å². The summed E-state index contributed by atoms with van der Waals surface area (Å²) in [5.74, 6) is 0. The number of rotatable bonds is 5. The summed E-state index contributed by atoms with van der Waals surface area (Å²) < 4.78 is 0. The van der Waals surface area contributed by atoms with E-state index in [1.54, 1.807) is 12.8 Å². The van der Waals surface area contributed by atoms with Gasteiger partial charge in [-0.15, -0.1) is 7.75 Å². The van der Waals surface area contributed by atoms with E-state index in [9.17, 15) is 0 Å². The van der Waals surface area contributed by atoms with Gasteiger partial charge in [-0.25, -0.2) is 0 Å². The fourth-order valence-electron chi connectivity index (χ4n) is 1.55. The number of hydrogen-bond donors (Lipinski definition) is 0. The normalized spacial score (nSPS) is 14.9. The van der Waals surface area contributed by atoms with Crippen LogP contribution in [-0.2, 0) is 0 Å². The van der Waals surface area contributed by atoms with E-state index in [1.165, 1.54) is 13.1 Å². The summed E-state index contributed by atoms with van der Waals surface area (Å²) in [5, 5.41) is 1.77. The Kier molecular flexibility index (Phi) is 5.98. The van der Waals surface area contributed by atoms with Gasteiger partial charge in [0.25, 0.3) is 0 Å². The molecule has 0 saturated heterocycles. The van der Waals surface area contributed by atoms with Crippen LogP contribution >= 0.6 is 7.75 Å². The number of hydrogen-bond acceptors (Lipinski definition) is 0. The SMILES string of the molecule is CCN(CC)C(=P[Si](C)(C)C)[Si](C)(C)C. The maximum absolute atomic E-state index is 2.60. The molecule has 15 heavy (non-hydrogen) atoms. The molecule has 0 aromatic heterocycles. The molecule has 0 rings (SSSR count). The lowest BCUT2D eigenvalue weighted by Gasteiger charge is -2.32. The van der Waals surface area contributed by atoms with Gasteiger partial charge in [-0.2, -0.15) is 0 Å². The average molecular weight is 261 g/mol. The predicted octanol–water partition coefficient (Wildman–Crippen LogP) is 4.12. The van der Waals surface area contributed by atoms with Crippen LogP contribution in [-0.4, -0.2) is 38.8 Å². The second-order valence-electron chi connectivity index (χ2n) is 6.03. The highest BCUT2D eigenvalue weighted by Crippen LogP contribution is 2.25. The highest BCUT2D eigenvalue weighted by Gasteiger charge is 2.26. The molecule has 0 aromatic carbocycles. The molecule has 1 nitrogen and oxygen atoms in total. The van der Waals surface area contributed by atoms with E-state index in [1.807, 2.05) is 0 Å². The minimum atomic E-state index is -1.14. The lowest BCUT2D eigenvalue weighted by atomic mass is 10.6. The molecule has 4 heteroatoms. The Hall–Kier alpha value is 0.564. The number of nitrogens with zero attached hydrogens (tertiary/aromatic N) is 1. The zero-order valence-electron chi connectivity index (χ0n) is 11.8. The molecule has 0 N–H and O–H groups in total. The van der Waals surface area contributed by atoms with E-state index in [0.29, 0.717) is 0 Å². The second-order valence-corrected chi connectivity index (χ2v) is 21.1. The first-order valence-corrected chi connectivity index (χ1v) is 14.7. The molecule has 90 valence electrons. The van der Waals surface area contributed by atoms with Gasteiger partial charge in [-0.05, 0) is 18.1 Å². The van der Waals surface area contributed by atoms with Crippen molar-refractivity contribution in [2.24, 2.45) is 0 Å². The smallest absolute Gasteiger partial charge is 0.103 e. The van der Waals surface area contributed by atoms with Crippen LogP contribution in [0, 0.1) is 0 Å². The molecule has 0 aliphatic carbocycles. The van der Waals surface area contributed by atoms with Gasteiger partial charge >= 0.3 is 0 Å². The topological polar surface area (TPSA) is 3.24 Å². The Morgan fingerprint density at radius 1 is 0.933 bits per heavy atom. The molecule has 0 atom stereocenters. The molecule has 0 amide bonds. The minimum Gasteiger partial charge on any atom is -0.279 e. The Morgan fingerprint density at radius 2 is 1.33 bits per heavy atom. The van der Waals surface area contributed by atoms with Gasteiger partial charge in [0.15, 0.2) is 0 Å². The first kappa shape index (κ1) is 15.6. The molecule has 0 aliphatic heterocycles. The van der Waals surface area contributed by atoms with Crippen molar-refractivity contribution in [2.45, 2.75) is 53.1 Å². The van der Waals surface area contributed by atoms with E-state index < -0.39 is 15.8 Å². The van der Waals surface area contributed by atoms with Crippen LogP contribution < -0.4 is 0 Å². The van der Waals surface area contributed by atoms with E-state index in [0.717, 1.165) is 0 Å². The largest absolute Gasteiger partial charge is 0.279 e. The Morgan fingerprint density at radius 3 is 1.53 bits per heavy atom. The maximum Gasteiger partial charge on any atom is 0.103 e. The molecular weight excluding hydrogens is 233 g/mol. The van der Waals surface area contributed by atoms with Gasteiger partial charge in [0.05, 0.1) is 8.07 Å². The lowest BCUT2D eigenvalue weighted by molar-refractivity contribution is 0.479. The van der Waals surface area contributed by atoms with Crippen LogP contribution in [0.25, 0.3) is 0 Å². The zero-order valence-corrected chi connectivity index (χ0v) is 14.7. The first-order chi connectivity index (χ1) is 6.61.